The van der Waals surface area contributed by atoms with Gasteiger partial charge in [0.05, 0.1) is 0 Å². The Morgan fingerprint density at radius 1 is 0.840 bits per heavy atom. The highest BCUT2D eigenvalue weighted by Crippen LogP contribution is 2.38. The first-order valence-corrected chi connectivity index (χ1v) is 12.3. The number of para-hydroxylation sites is 1. The van der Waals surface area contributed by atoms with Crippen LogP contribution in [0.3, 0.4) is 0 Å². The fourth-order valence-corrected chi connectivity index (χ4v) is 11.1. The molecule has 0 N–H and O–H groups in total. The van der Waals surface area contributed by atoms with Crippen LogP contribution in [-0.2, 0) is 7.05 Å². The first-order chi connectivity index (χ1) is 12.2. The number of fused-ring (bicyclic) bond motifs is 5. The number of aryl methyl sites for hydroxylation is 1. The quantitative estimate of drug-likeness (QED) is 0.532. The summed E-state index contributed by atoms with van der Waals surface area (Å²) in [7, 11) is 0.586. The van der Waals surface area contributed by atoms with E-state index in [9.17, 15) is 0 Å². The number of unbranched alkanes of at least 4 members (excludes halogenated alkanes) is 2. The van der Waals surface area contributed by atoms with Crippen LogP contribution in [0.15, 0.2) is 48.5 Å². The van der Waals surface area contributed by atoms with Crippen LogP contribution in [0.5, 0.6) is 0 Å². The molecule has 0 atom stereocenters. The molecule has 1 aliphatic heterocycles. The molecule has 0 saturated heterocycles. The summed E-state index contributed by atoms with van der Waals surface area (Å²) in [5.41, 5.74) is 4.46. The Morgan fingerprint density at radius 2 is 1.48 bits per heavy atom. The van der Waals surface area contributed by atoms with E-state index < -0.39 is 8.07 Å². The normalized spacial score (nSPS) is 14.7. The maximum Gasteiger partial charge on any atom is 0.122 e. The van der Waals surface area contributed by atoms with Gasteiger partial charge in [-0.3, -0.25) is 0 Å². The Hall–Kier alpha value is -1.80. The van der Waals surface area contributed by atoms with Crippen LogP contribution in [0.4, 0.5) is 0 Å². The lowest BCUT2D eigenvalue weighted by Gasteiger charge is -2.30. The van der Waals surface area contributed by atoms with Crippen LogP contribution in [-0.4, -0.2) is 12.6 Å². The zero-order valence-corrected chi connectivity index (χ0v) is 16.8. The molecule has 1 aromatic heterocycles. The van der Waals surface area contributed by atoms with Crippen molar-refractivity contribution < 1.29 is 0 Å². The molecule has 0 spiro atoms. The Kier molecular flexibility index (Phi) is 4.32. The van der Waals surface area contributed by atoms with E-state index in [1.807, 2.05) is 0 Å². The Morgan fingerprint density at radius 3 is 2.20 bits per heavy atom. The molecule has 2 heteroatoms. The van der Waals surface area contributed by atoms with Gasteiger partial charge in [-0.1, -0.05) is 82.0 Å². The monoisotopic (exact) mass is 347 g/mol. The van der Waals surface area contributed by atoms with E-state index in [1.54, 1.807) is 10.4 Å². The van der Waals surface area contributed by atoms with E-state index in [0.717, 1.165) is 0 Å². The zero-order valence-electron chi connectivity index (χ0n) is 15.8. The van der Waals surface area contributed by atoms with Crippen LogP contribution in [0.25, 0.3) is 22.2 Å². The fraction of sp³-hybridized carbons (Fsp3) is 0.391. The van der Waals surface area contributed by atoms with E-state index in [0.29, 0.717) is 0 Å². The maximum atomic E-state index is 2.47. The van der Waals surface area contributed by atoms with Gasteiger partial charge in [0, 0.05) is 18.3 Å². The molecule has 1 aliphatic rings. The lowest BCUT2D eigenvalue weighted by Crippen LogP contribution is -2.55. The van der Waals surface area contributed by atoms with Crippen molar-refractivity contribution in [1.82, 2.24) is 4.57 Å². The van der Waals surface area contributed by atoms with Crippen molar-refractivity contribution in [1.29, 1.82) is 0 Å². The van der Waals surface area contributed by atoms with Crippen LogP contribution < -0.4 is 10.4 Å². The summed E-state index contributed by atoms with van der Waals surface area (Å²) in [6.07, 6.45) is 5.30. The zero-order chi connectivity index (χ0) is 17.4. The van der Waals surface area contributed by atoms with Crippen LogP contribution in [0.2, 0.25) is 12.1 Å². The maximum absolute atomic E-state index is 2.47. The van der Waals surface area contributed by atoms with Crippen molar-refractivity contribution in [3.8, 4) is 11.3 Å². The molecule has 0 unspecified atom stereocenters. The lowest BCUT2D eigenvalue weighted by molar-refractivity contribution is 0.839. The number of hydrogen-bond acceptors (Lipinski definition) is 0. The van der Waals surface area contributed by atoms with Gasteiger partial charge in [-0.05, 0) is 39.5 Å². The van der Waals surface area contributed by atoms with Gasteiger partial charge < -0.3 is 4.57 Å². The summed E-state index contributed by atoms with van der Waals surface area (Å²) in [4.78, 5) is 0. The molecule has 2 aromatic carbocycles. The molecule has 130 valence electrons. The smallest absolute Gasteiger partial charge is 0.122 e. The molecule has 0 fully saturated rings. The third-order valence-electron chi connectivity index (χ3n) is 6.20. The summed E-state index contributed by atoms with van der Waals surface area (Å²) in [6, 6.07) is 21.2. The second-order valence-corrected chi connectivity index (χ2v) is 11.8. The molecule has 0 saturated carbocycles. The molecule has 0 amide bonds. The van der Waals surface area contributed by atoms with Crippen molar-refractivity contribution in [2.24, 2.45) is 7.05 Å². The predicted molar refractivity (Wildman–Crippen MR) is 113 cm³/mol. The number of aromatic nitrogens is 1. The van der Waals surface area contributed by atoms with E-state index >= 15 is 0 Å². The average Bonchev–Trinajstić information content (AvgIpc) is 3.11. The first kappa shape index (κ1) is 16.7. The summed E-state index contributed by atoms with van der Waals surface area (Å²) in [5.74, 6) is 0. The van der Waals surface area contributed by atoms with Gasteiger partial charge in [-0.2, -0.15) is 0 Å². The molecule has 2 heterocycles. The average molecular weight is 348 g/mol. The number of hydrogen-bond donors (Lipinski definition) is 0. The largest absolute Gasteiger partial charge is 0.344 e. The minimum absolute atomic E-state index is 1.29. The molecule has 1 nitrogen and oxygen atoms in total. The molecule has 0 aliphatic carbocycles. The Balaban J connectivity index is 2.06. The van der Waals surface area contributed by atoms with Crippen molar-refractivity contribution >= 4 is 29.4 Å². The highest BCUT2D eigenvalue weighted by atomic mass is 28.3. The van der Waals surface area contributed by atoms with E-state index in [-0.39, 0.29) is 0 Å². The SMILES string of the molecule is CCCC[Si]1(CCCC)c2ccccc2-c2c1c1ccccc1n2C. The van der Waals surface area contributed by atoms with Gasteiger partial charge in [-0.15, -0.1) is 0 Å². The number of nitrogens with zero attached hydrogens (tertiary/aromatic N) is 1. The van der Waals surface area contributed by atoms with Gasteiger partial charge in [0.15, 0.2) is 0 Å². The Labute approximate surface area is 152 Å². The molecule has 3 aromatic rings. The van der Waals surface area contributed by atoms with Crippen LogP contribution >= 0.6 is 0 Å². The predicted octanol–water partition coefficient (Wildman–Crippen LogP) is 5.32. The molecular formula is C23H29NSi. The van der Waals surface area contributed by atoms with Crippen LogP contribution in [0.1, 0.15) is 39.5 Å². The summed E-state index contributed by atoms with van der Waals surface area (Å²) >= 11 is 0. The van der Waals surface area contributed by atoms with Crippen molar-refractivity contribution in [2.45, 2.75) is 51.6 Å². The van der Waals surface area contributed by atoms with E-state index in [2.05, 4.69) is 74.0 Å². The van der Waals surface area contributed by atoms with Gasteiger partial charge in [0.2, 0.25) is 0 Å². The molecule has 25 heavy (non-hydrogen) atoms. The van der Waals surface area contributed by atoms with Crippen molar-refractivity contribution in [3.05, 3.63) is 48.5 Å². The molecule has 0 bridgehead atoms. The minimum Gasteiger partial charge on any atom is -0.344 e. The fourth-order valence-electron chi connectivity index (χ4n) is 5.04. The summed E-state index contributed by atoms with van der Waals surface area (Å²) in [6.45, 7) is 4.68. The molecule has 4 rings (SSSR count). The topological polar surface area (TPSA) is 4.93 Å². The highest BCUT2D eigenvalue weighted by Gasteiger charge is 2.47. The van der Waals surface area contributed by atoms with E-state index in [4.69, 9.17) is 0 Å². The van der Waals surface area contributed by atoms with Gasteiger partial charge in [0.25, 0.3) is 0 Å². The lowest BCUT2D eigenvalue weighted by atomic mass is 10.1. The van der Waals surface area contributed by atoms with Gasteiger partial charge in [-0.25, -0.2) is 0 Å². The second-order valence-electron chi connectivity index (χ2n) is 7.63. The highest BCUT2D eigenvalue weighted by molar-refractivity contribution is 7.06. The van der Waals surface area contributed by atoms with Gasteiger partial charge in [0.1, 0.15) is 8.07 Å². The van der Waals surface area contributed by atoms with Crippen molar-refractivity contribution in [2.75, 3.05) is 0 Å². The Bertz CT molecular complexity index is 898. The third kappa shape index (κ3) is 2.34. The second kappa shape index (κ2) is 6.49. The van der Waals surface area contributed by atoms with Crippen LogP contribution in [0, 0.1) is 0 Å². The van der Waals surface area contributed by atoms with Crippen molar-refractivity contribution in [3.63, 3.8) is 0 Å². The molecule has 0 radical (unpaired) electrons. The number of rotatable bonds is 6. The van der Waals surface area contributed by atoms with Gasteiger partial charge >= 0.3 is 0 Å². The number of benzene rings is 2. The van der Waals surface area contributed by atoms with E-state index in [1.165, 1.54) is 59.9 Å². The minimum atomic E-state index is -1.68. The standard InChI is InChI=1S/C23H29NSi/c1-4-6-16-25(17-7-5-2)21-15-11-9-13-19(21)22-23(25)18-12-8-10-14-20(18)24(22)3/h8-15H,4-7,16-17H2,1-3H3. The summed E-state index contributed by atoms with van der Waals surface area (Å²) in [5, 5.41) is 4.98. The first-order valence-electron chi connectivity index (χ1n) is 9.92. The third-order valence-corrected chi connectivity index (χ3v) is 11.5. The summed E-state index contributed by atoms with van der Waals surface area (Å²) < 4.78 is 2.47. The molecular weight excluding hydrogens is 318 g/mol.